The van der Waals surface area contributed by atoms with Gasteiger partial charge >= 0.3 is 251 Å². The number of hydrogen-bond donors (Lipinski definition) is 2. The Kier molecular flexibility index (Phi) is 12.4. The molecule has 0 fully saturated rings. The molecule has 0 aliphatic rings. The van der Waals surface area contributed by atoms with E-state index in [1.54, 1.807) is 12.1 Å². The molecule has 0 aliphatic carbocycles. The fourth-order valence-electron chi connectivity index (χ4n) is 4.99. The standard InChI is InChI=1S/2C16H17F2OSi.2ClH.Ti/c2*1-20(2,3)15-6-4-5-12(16(15)19)9-11-7-8-13(17)10-14(11)18;;;/h2*4-6,8,10,19H,9H2,1-3H3;2*1H;/q;;;;+2/p-2. The second kappa shape index (κ2) is 14.4. The van der Waals surface area contributed by atoms with Gasteiger partial charge in [-0.05, 0) is 0 Å². The summed E-state index contributed by atoms with van der Waals surface area (Å²) in [4.78, 5) is 0. The van der Waals surface area contributed by atoms with E-state index in [-0.39, 0.29) is 60.3 Å². The van der Waals surface area contributed by atoms with Gasteiger partial charge in [0, 0.05) is 0 Å². The molecule has 0 unspecified atom stereocenters. The van der Waals surface area contributed by atoms with Crippen LogP contribution in [-0.4, -0.2) is 26.4 Å². The minimum atomic E-state index is -1.90. The largest absolute Gasteiger partial charge is 1.00 e. The number of phenolic OH excluding ortho intramolecular Hbond substituents is 2. The zero-order chi connectivity index (χ0) is 30.3. The molecule has 43 heavy (non-hydrogen) atoms. The van der Waals surface area contributed by atoms with Crippen molar-refractivity contribution in [3.8, 4) is 11.5 Å². The first-order valence-corrected chi connectivity index (χ1v) is 22.0. The van der Waals surface area contributed by atoms with Gasteiger partial charge in [-0.15, -0.1) is 0 Å². The zero-order valence-electron chi connectivity index (χ0n) is 24.8. The topological polar surface area (TPSA) is 40.5 Å². The van der Waals surface area contributed by atoms with Crippen LogP contribution in [0.2, 0.25) is 39.3 Å². The van der Waals surface area contributed by atoms with Crippen LogP contribution in [0.4, 0.5) is 17.6 Å². The van der Waals surface area contributed by atoms with E-state index in [0.29, 0.717) is 18.9 Å². The Morgan fingerprint density at radius 3 is 1.26 bits per heavy atom. The second-order valence-electron chi connectivity index (χ2n) is 12.4. The van der Waals surface area contributed by atoms with Crippen molar-refractivity contribution in [3.05, 3.63) is 106 Å². The van der Waals surface area contributed by atoms with E-state index in [0.717, 1.165) is 22.5 Å². The van der Waals surface area contributed by atoms with Crippen LogP contribution in [0.15, 0.2) is 60.7 Å². The minimum Gasteiger partial charge on any atom is -1.00 e. The predicted octanol–water partition coefficient (Wildman–Crippen LogP) is -0.0325. The molecule has 0 heterocycles. The molecule has 2 N–H and O–H groups in total. The van der Waals surface area contributed by atoms with Crippen LogP contribution in [0.25, 0.3) is 0 Å². The molecule has 0 atom stereocenters. The molecule has 4 rings (SSSR count). The summed E-state index contributed by atoms with van der Waals surface area (Å²) in [6.45, 7) is 12.6. The average Bonchev–Trinajstić information content (AvgIpc) is 2.83. The SMILES string of the molecule is C[Si](C)(C)c1cccc(Cc2c(F)cc(F)c[c]2[Ti+2][c]2cc(F)cc(F)c2Cc2cccc([Si](C)(C)C)c2O)c1O.[Cl-].[Cl-]. The number of benzene rings is 4. The van der Waals surface area contributed by atoms with Gasteiger partial charge in [0.2, 0.25) is 0 Å². The molecule has 0 bridgehead atoms. The molecular formula is C32H34Cl2F4O2Si2Ti. The van der Waals surface area contributed by atoms with Crippen molar-refractivity contribution in [2.24, 2.45) is 0 Å². The van der Waals surface area contributed by atoms with Crippen LogP contribution < -0.4 is 42.9 Å². The molecule has 0 aromatic heterocycles. The monoisotopic (exact) mass is 700 g/mol. The van der Waals surface area contributed by atoms with E-state index >= 15 is 8.78 Å². The molecule has 2 nitrogen and oxygen atoms in total. The Balaban J connectivity index is 0.00000323. The van der Waals surface area contributed by atoms with Crippen molar-refractivity contribution >= 4 is 34.3 Å². The Morgan fingerprint density at radius 1 is 0.581 bits per heavy atom. The maximum Gasteiger partial charge on any atom is -1.00 e. The molecule has 0 saturated heterocycles. The van der Waals surface area contributed by atoms with Gasteiger partial charge in [-0.3, -0.25) is 0 Å². The van der Waals surface area contributed by atoms with E-state index < -0.39 is 58.6 Å². The normalized spacial score (nSPS) is 11.4. The van der Waals surface area contributed by atoms with Crippen LogP contribution in [0, 0.1) is 23.3 Å². The minimum absolute atomic E-state index is 0. The molecule has 0 saturated carbocycles. The molecule has 228 valence electrons. The van der Waals surface area contributed by atoms with Gasteiger partial charge in [0.15, 0.2) is 0 Å². The van der Waals surface area contributed by atoms with Crippen LogP contribution in [0.5, 0.6) is 11.5 Å². The number of aromatic hydroxyl groups is 2. The number of phenols is 2. The number of hydrogen-bond acceptors (Lipinski definition) is 2. The van der Waals surface area contributed by atoms with Gasteiger partial charge in [0.25, 0.3) is 0 Å². The number of para-hydroxylation sites is 2. The number of rotatable bonds is 8. The summed E-state index contributed by atoms with van der Waals surface area (Å²) in [5.74, 6) is -2.86. The summed E-state index contributed by atoms with van der Waals surface area (Å²) >= 11 is -1.65. The fourth-order valence-corrected chi connectivity index (χ4v) is 10.2. The number of halogens is 6. The van der Waals surface area contributed by atoms with Gasteiger partial charge in [-0.25, -0.2) is 0 Å². The smallest absolute Gasteiger partial charge is 1.00 e. The van der Waals surface area contributed by atoms with Gasteiger partial charge in [-0.1, -0.05) is 0 Å². The first-order chi connectivity index (χ1) is 19.1. The summed E-state index contributed by atoms with van der Waals surface area (Å²) in [6, 6.07) is 14.9. The van der Waals surface area contributed by atoms with Crippen molar-refractivity contribution in [2.75, 3.05) is 0 Å². The predicted molar refractivity (Wildman–Crippen MR) is 160 cm³/mol. The zero-order valence-corrected chi connectivity index (χ0v) is 29.9. The quantitative estimate of drug-likeness (QED) is 0.200. The van der Waals surface area contributed by atoms with Crippen molar-refractivity contribution in [1.29, 1.82) is 0 Å². The summed E-state index contributed by atoms with van der Waals surface area (Å²) in [6.07, 6.45) is 0.0303. The summed E-state index contributed by atoms with van der Waals surface area (Å²) in [5.41, 5.74) is 1.44. The van der Waals surface area contributed by atoms with E-state index in [1.165, 1.54) is 12.1 Å². The fraction of sp³-hybridized carbons (Fsp3) is 0.250. The third kappa shape index (κ3) is 8.56. The van der Waals surface area contributed by atoms with Crippen LogP contribution in [0.3, 0.4) is 0 Å². The van der Waals surface area contributed by atoms with Gasteiger partial charge in [0.1, 0.15) is 0 Å². The summed E-state index contributed by atoms with van der Waals surface area (Å²) < 4.78 is 60.4. The first-order valence-electron chi connectivity index (χ1n) is 13.4. The molecule has 0 aliphatic heterocycles. The molecule has 4 aromatic rings. The molecule has 0 spiro atoms. The Bertz CT molecular complexity index is 1500. The van der Waals surface area contributed by atoms with Crippen molar-refractivity contribution in [3.63, 3.8) is 0 Å². The van der Waals surface area contributed by atoms with E-state index in [1.807, 2.05) is 24.3 Å². The Morgan fingerprint density at radius 2 is 0.930 bits per heavy atom. The van der Waals surface area contributed by atoms with Gasteiger partial charge in [-0.2, -0.15) is 0 Å². The Hall–Kier alpha value is -2.07. The summed E-state index contributed by atoms with van der Waals surface area (Å²) in [5, 5.41) is 23.7. The van der Waals surface area contributed by atoms with Crippen molar-refractivity contribution < 1.29 is 71.7 Å². The molecule has 0 radical (unpaired) electrons. The molecule has 0 amide bonds. The van der Waals surface area contributed by atoms with E-state index in [4.69, 9.17) is 0 Å². The van der Waals surface area contributed by atoms with E-state index in [9.17, 15) is 19.0 Å². The van der Waals surface area contributed by atoms with E-state index in [2.05, 4.69) is 39.3 Å². The van der Waals surface area contributed by atoms with Crippen LogP contribution in [-0.2, 0) is 32.0 Å². The Labute approximate surface area is 274 Å². The van der Waals surface area contributed by atoms with Crippen molar-refractivity contribution in [1.82, 2.24) is 0 Å². The van der Waals surface area contributed by atoms with Gasteiger partial charge in [0.05, 0.1) is 0 Å². The first kappa shape index (κ1) is 37.1. The third-order valence-electron chi connectivity index (χ3n) is 7.18. The van der Waals surface area contributed by atoms with Gasteiger partial charge < -0.3 is 24.8 Å². The van der Waals surface area contributed by atoms with Crippen molar-refractivity contribution in [2.45, 2.75) is 52.1 Å². The average molecular weight is 702 g/mol. The molecule has 11 heteroatoms. The third-order valence-corrected chi connectivity index (χ3v) is 13.5. The van der Waals surface area contributed by atoms with Crippen LogP contribution >= 0.6 is 0 Å². The summed E-state index contributed by atoms with van der Waals surface area (Å²) in [7, 11) is -3.80. The second-order valence-corrected chi connectivity index (χ2v) is 24.6. The molecule has 4 aromatic carbocycles. The maximum absolute atomic E-state index is 15.3. The maximum atomic E-state index is 15.3. The van der Waals surface area contributed by atoms with Crippen LogP contribution in [0.1, 0.15) is 22.3 Å². The molecular weight excluding hydrogens is 667 g/mol.